The summed E-state index contributed by atoms with van der Waals surface area (Å²) < 4.78 is 13.0. The maximum absolute atomic E-state index is 13.0. The van der Waals surface area contributed by atoms with E-state index in [4.69, 9.17) is 5.11 Å². The molecule has 1 aromatic rings. The van der Waals surface area contributed by atoms with Crippen molar-refractivity contribution in [1.82, 2.24) is 0 Å². The lowest BCUT2D eigenvalue weighted by molar-refractivity contribution is -0.137. The number of fused-ring (bicyclic) bond motifs is 1. The molecule has 1 aromatic carbocycles. The first-order valence-corrected chi connectivity index (χ1v) is 5.64. The average Bonchev–Trinajstić information content (AvgIpc) is 2.43. The summed E-state index contributed by atoms with van der Waals surface area (Å²) in [6.45, 7) is 1.98. The summed E-state index contributed by atoms with van der Waals surface area (Å²) >= 11 is 1.62. The first-order chi connectivity index (χ1) is 7.08. The molecular formula is C11H11FO2S. The summed E-state index contributed by atoms with van der Waals surface area (Å²) in [4.78, 5) is 11.7. The molecule has 80 valence electrons. The summed E-state index contributed by atoms with van der Waals surface area (Å²) in [5.74, 6) is -1.19. The monoisotopic (exact) mass is 226 g/mol. The highest BCUT2D eigenvalue weighted by molar-refractivity contribution is 8.00. The van der Waals surface area contributed by atoms with Gasteiger partial charge in [0.1, 0.15) is 5.82 Å². The molecule has 0 saturated heterocycles. The fraction of sp³-hybridized carbons (Fsp3) is 0.364. The van der Waals surface area contributed by atoms with Gasteiger partial charge in [-0.15, -0.1) is 11.8 Å². The van der Waals surface area contributed by atoms with Crippen LogP contribution in [-0.4, -0.2) is 16.3 Å². The summed E-state index contributed by atoms with van der Waals surface area (Å²) in [6, 6.07) is 4.61. The van der Waals surface area contributed by atoms with Crippen molar-refractivity contribution in [3.63, 3.8) is 0 Å². The Morgan fingerprint density at radius 3 is 3.00 bits per heavy atom. The zero-order valence-corrected chi connectivity index (χ0v) is 9.05. The maximum Gasteiger partial charge on any atom is 0.304 e. The molecule has 1 aliphatic heterocycles. The van der Waals surface area contributed by atoms with Gasteiger partial charge in [0.25, 0.3) is 0 Å². The van der Waals surface area contributed by atoms with E-state index in [0.717, 1.165) is 10.5 Å². The molecule has 1 heterocycles. The normalized spacial score (nSPS) is 23.9. The maximum atomic E-state index is 13.0. The minimum absolute atomic E-state index is 0.0711. The van der Waals surface area contributed by atoms with Gasteiger partial charge in [-0.3, -0.25) is 4.79 Å². The van der Waals surface area contributed by atoms with E-state index in [1.54, 1.807) is 17.8 Å². The fourth-order valence-electron chi connectivity index (χ4n) is 1.92. The first kappa shape index (κ1) is 10.5. The largest absolute Gasteiger partial charge is 0.481 e. The highest BCUT2D eigenvalue weighted by Crippen LogP contribution is 2.46. The van der Waals surface area contributed by atoms with Crippen LogP contribution in [0.1, 0.15) is 24.8 Å². The van der Waals surface area contributed by atoms with E-state index in [9.17, 15) is 9.18 Å². The number of carboxylic acid groups (broad SMARTS) is 1. The topological polar surface area (TPSA) is 37.3 Å². The average molecular weight is 226 g/mol. The molecule has 0 bridgehead atoms. The number of benzene rings is 1. The molecule has 0 amide bonds. The van der Waals surface area contributed by atoms with E-state index in [-0.39, 0.29) is 23.4 Å². The molecule has 1 N–H and O–H groups in total. The Balaban J connectivity index is 2.35. The molecule has 1 aliphatic rings. The SMILES string of the molecule is CC1Sc2ccc(F)cc2C1CC(=O)O. The molecule has 0 radical (unpaired) electrons. The highest BCUT2D eigenvalue weighted by Gasteiger charge is 2.31. The van der Waals surface area contributed by atoms with Crippen LogP contribution in [-0.2, 0) is 4.79 Å². The van der Waals surface area contributed by atoms with E-state index in [2.05, 4.69) is 0 Å². The third kappa shape index (κ3) is 2.00. The molecule has 2 unspecified atom stereocenters. The first-order valence-electron chi connectivity index (χ1n) is 4.76. The van der Waals surface area contributed by atoms with Crippen LogP contribution >= 0.6 is 11.8 Å². The van der Waals surface area contributed by atoms with Crippen molar-refractivity contribution in [2.45, 2.75) is 29.4 Å². The molecule has 0 saturated carbocycles. The number of carboxylic acids is 1. The molecule has 15 heavy (non-hydrogen) atoms. The number of halogens is 1. The van der Waals surface area contributed by atoms with Crippen LogP contribution in [0.4, 0.5) is 4.39 Å². The Hall–Kier alpha value is -1.03. The molecular weight excluding hydrogens is 215 g/mol. The lowest BCUT2D eigenvalue weighted by atomic mass is 9.93. The summed E-state index contributed by atoms with van der Waals surface area (Å²) in [5.41, 5.74) is 0.843. The molecule has 2 nitrogen and oxygen atoms in total. The lowest BCUT2D eigenvalue weighted by Gasteiger charge is -2.12. The third-order valence-electron chi connectivity index (χ3n) is 2.65. The fourth-order valence-corrected chi connectivity index (χ4v) is 3.22. The van der Waals surface area contributed by atoms with Crippen LogP contribution in [0.5, 0.6) is 0 Å². The van der Waals surface area contributed by atoms with E-state index in [0.29, 0.717) is 0 Å². The van der Waals surface area contributed by atoms with E-state index >= 15 is 0 Å². The second-order valence-corrected chi connectivity index (χ2v) is 5.13. The Labute approximate surface area is 91.5 Å². The van der Waals surface area contributed by atoms with Crippen LogP contribution in [0.15, 0.2) is 23.1 Å². The second kappa shape index (κ2) is 3.85. The van der Waals surface area contributed by atoms with Crippen molar-refractivity contribution in [3.8, 4) is 0 Å². The summed E-state index contributed by atoms with van der Waals surface area (Å²) in [6.07, 6.45) is 0.0740. The van der Waals surface area contributed by atoms with Crippen LogP contribution in [0, 0.1) is 5.82 Å². The minimum Gasteiger partial charge on any atom is -0.481 e. The van der Waals surface area contributed by atoms with E-state index in [1.165, 1.54) is 12.1 Å². The Morgan fingerprint density at radius 1 is 1.60 bits per heavy atom. The van der Waals surface area contributed by atoms with E-state index < -0.39 is 5.97 Å². The quantitative estimate of drug-likeness (QED) is 0.842. The Kier molecular flexibility index (Phi) is 2.69. The number of hydrogen-bond donors (Lipinski definition) is 1. The smallest absolute Gasteiger partial charge is 0.304 e. The highest BCUT2D eigenvalue weighted by atomic mass is 32.2. The van der Waals surface area contributed by atoms with Crippen molar-refractivity contribution in [2.24, 2.45) is 0 Å². The molecule has 0 aromatic heterocycles. The number of aliphatic carboxylic acids is 1. The minimum atomic E-state index is -0.829. The Morgan fingerprint density at radius 2 is 2.33 bits per heavy atom. The van der Waals surface area contributed by atoms with Crippen molar-refractivity contribution < 1.29 is 14.3 Å². The number of thioether (sulfide) groups is 1. The van der Waals surface area contributed by atoms with Gasteiger partial charge in [-0.05, 0) is 23.8 Å². The zero-order chi connectivity index (χ0) is 11.0. The van der Waals surface area contributed by atoms with Gasteiger partial charge >= 0.3 is 5.97 Å². The molecule has 2 rings (SSSR count). The van der Waals surface area contributed by atoms with Crippen LogP contribution in [0.2, 0.25) is 0 Å². The number of carbonyl (C=O) groups is 1. The molecule has 4 heteroatoms. The van der Waals surface area contributed by atoms with E-state index in [1.807, 2.05) is 6.92 Å². The van der Waals surface area contributed by atoms with Gasteiger partial charge in [0, 0.05) is 16.1 Å². The van der Waals surface area contributed by atoms with Crippen LogP contribution in [0.3, 0.4) is 0 Å². The molecule has 0 fully saturated rings. The zero-order valence-electron chi connectivity index (χ0n) is 8.24. The van der Waals surface area contributed by atoms with Gasteiger partial charge in [-0.25, -0.2) is 4.39 Å². The van der Waals surface area contributed by atoms with Crippen LogP contribution < -0.4 is 0 Å². The van der Waals surface area contributed by atoms with Crippen LogP contribution in [0.25, 0.3) is 0 Å². The predicted octanol–water partition coefficient (Wildman–Crippen LogP) is 2.88. The van der Waals surface area contributed by atoms with Crippen molar-refractivity contribution >= 4 is 17.7 Å². The van der Waals surface area contributed by atoms with Crippen molar-refractivity contribution in [3.05, 3.63) is 29.6 Å². The molecule has 0 spiro atoms. The summed E-state index contributed by atoms with van der Waals surface area (Å²) in [5, 5.41) is 8.99. The standard InChI is InChI=1S/C11H11FO2S/c1-6-8(5-11(13)14)9-4-7(12)2-3-10(9)15-6/h2-4,6,8H,5H2,1H3,(H,13,14). The molecule has 2 atom stereocenters. The van der Waals surface area contributed by atoms with Gasteiger partial charge in [0.05, 0.1) is 6.42 Å². The molecule has 0 aliphatic carbocycles. The number of hydrogen-bond acceptors (Lipinski definition) is 2. The van der Waals surface area contributed by atoms with Crippen molar-refractivity contribution in [1.29, 1.82) is 0 Å². The Bertz CT molecular complexity index is 406. The van der Waals surface area contributed by atoms with Gasteiger partial charge in [-0.2, -0.15) is 0 Å². The number of rotatable bonds is 2. The van der Waals surface area contributed by atoms with Gasteiger partial charge in [0.2, 0.25) is 0 Å². The van der Waals surface area contributed by atoms with Gasteiger partial charge in [-0.1, -0.05) is 6.92 Å². The van der Waals surface area contributed by atoms with Gasteiger partial charge < -0.3 is 5.11 Å². The predicted molar refractivity (Wildman–Crippen MR) is 56.7 cm³/mol. The van der Waals surface area contributed by atoms with Crippen molar-refractivity contribution in [2.75, 3.05) is 0 Å². The second-order valence-electron chi connectivity index (χ2n) is 3.71. The summed E-state index contributed by atoms with van der Waals surface area (Å²) in [7, 11) is 0. The van der Waals surface area contributed by atoms with Gasteiger partial charge in [0.15, 0.2) is 0 Å². The third-order valence-corrected chi connectivity index (χ3v) is 3.97. The lowest BCUT2D eigenvalue weighted by Crippen LogP contribution is -2.11.